The second kappa shape index (κ2) is 7.80. The van der Waals surface area contributed by atoms with Crippen molar-refractivity contribution in [1.82, 2.24) is 4.31 Å². The van der Waals surface area contributed by atoms with E-state index in [1.165, 1.54) is 24.0 Å². The van der Waals surface area contributed by atoms with Crippen LogP contribution in [0.5, 0.6) is 0 Å². The van der Waals surface area contributed by atoms with E-state index in [4.69, 9.17) is 0 Å². The summed E-state index contributed by atoms with van der Waals surface area (Å²) in [4.78, 5) is 16.9. The molecule has 0 spiro atoms. The summed E-state index contributed by atoms with van der Waals surface area (Å²) in [5.41, 5.74) is 7.52. The molecule has 2 aliphatic carbocycles. The lowest BCUT2D eigenvalue weighted by atomic mass is 9.80. The number of rotatable bonds is 5. The molecule has 1 aliphatic heterocycles. The standard InChI is InChI=1S/C26H24N2O3S/c1-28(2)32(30,31)21-8-3-17(4-9-21)15-20-6-10-22(24-13-14-27-26(20)24)18-5-11-23-19(16-18)7-12-25(23)29/h3-6,8-11,13-14,16,24H,7,12,15H2,1-2H3. The molecule has 32 heavy (non-hydrogen) atoms. The Labute approximate surface area is 188 Å². The van der Waals surface area contributed by atoms with E-state index in [1.54, 1.807) is 12.1 Å². The number of Topliss-reactive ketones (excluding diaryl/α,β-unsaturated/α-hetero) is 1. The van der Waals surface area contributed by atoms with Crippen LogP contribution in [0.2, 0.25) is 0 Å². The topological polar surface area (TPSA) is 66.8 Å². The molecule has 0 fully saturated rings. The van der Waals surface area contributed by atoms with Crippen LogP contribution >= 0.6 is 0 Å². The van der Waals surface area contributed by atoms with Crippen LogP contribution in [0.4, 0.5) is 0 Å². The van der Waals surface area contributed by atoms with Gasteiger partial charge in [-0.25, -0.2) is 12.7 Å². The van der Waals surface area contributed by atoms with Gasteiger partial charge in [0.25, 0.3) is 0 Å². The van der Waals surface area contributed by atoms with E-state index in [1.807, 2.05) is 30.5 Å². The summed E-state index contributed by atoms with van der Waals surface area (Å²) < 4.78 is 25.8. The van der Waals surface area contributed by atoms with Crippen molar-refractivity contribution in [1.29, 1.82) is 0 Å². The van der Waals surface area contributed by atoms with E-state index >= 15 is 0 Å². The van der Waals surface area contributed by atoms with E-state index in [0.717, 1.165) is 40.0 Å². The number of hydrogen-bond acceptors (Lipinski definition) is 4. The minimum absolute atomic E-state index is 0.0959. The number of carbonyl (C=O) groups excluding carboxylic acids is 1. The minimum Gasteiger partial charge on any atom is -0.294 e. The van der Waals surface area contributed by atoms with Gasteiger partial charge in [-0.1, -0.05) is 48.6 Å². The summed E-state index contributed by atoms with van der Waals surface area (Å²) in [5, 5.41) is 0. The number of allylic oxidation sites excluding steroid dienone is 5. The largest absolute Gasteiger partial charge is 0.294 e. The summed E-state index contributed by atoms with van der Waals surface area (Å²) in [6, 6.07) is 13.2. The van der Waals surface area contributed by atoms with E-state index in [-0.39, 0.29) is 11.7 Å². The van der Waals surface area contributed by atoms with E-state index in [2.05, 4.69) is 29.3 Å². The Morgan fingerprint density at radius 3 is 2.56 bits per heavy atom. The predicted octanol–water partition coefficient (Wildman–Crippen LogP) is 4.22. The lowest BCUT2D eigenvalue weighted by Crippen LogP contribution is -2.22. The second-order valence-corrected chi connectivity index (χ2v) is 10.7. The number of nitrogens with zero attached hydrogens (tertiary/aromatic N) is 2. The molecule has 0 saturated heterocycles. The Bertz CT molecular complexity index is 1340. The highest BCUT2D eigenvalue weighted by Crippen LogP contribution is 2.37. The average Bonchev–Trinajstić information content (AvgIpc) is 3.41. The first-order valence-electron chi connectivity index (χ1n) is 10.7. The molecule has 6 heteroatoms. The molecule has 1 heterocycles. The molecule has 5 nitrogen and oxygen atoms in total. The monoisotopic (exact) mass is 444 g/mol. The molecule has 2 aromatic carbocycles. The van der Waals surface area contributed by atoms with E-state index in [9.17, 15) is 13.2 Å². The maximum absolute atomic E-state index is 12.3. The summed E-state index contributed by atoms with van der Waals surface area (Å²) in [6.07, 6.45) is 10.3. The Balaban J connectivity index is 1.43. The van der Waals surface area contributed by atoms with Crippen molar-refractivity contribution in [2.75, 3.05) is 14.1 Å². The van der Waals surface area contributed by atoms with Gasteiger partial charge in [-0.15, -0.1) is 0 Å². The molecule has 162 valence electrons. The normalized spacial score (nSPS) is 19.5. The zero-order chi connectivity index (χ0) is 22.5. The number of benzene rings is 2. The Hall–Kier alpha value is -3.09. The van der Waals surface area contributed by atoms with Crippen LogP contribution in [0.15, 0.2) is 82.4 Å². The van der Waals surface area contributed by atoms with Crippen molar-refractivity contribution in [3.63, 3.8) is 0 Å². The molecule has 3 aliphatic rings. The highest BCUT2D eigenvalue weighted by atomic mass is 32.2. The first-order chi connectivity index (χ1) is 15.3. The molecular weight excluding hydrogens is 420 g/mol. The minimum atomic E-state index is -3.43. The average molecular weight is 445 g/mol. The number of fused-ring (bicyclic) bond motifs is 2. The maximum atomic E-state index is 12.3. The van der Waals surface area contributed by atoms with Gasteiger partial charge in [-0.2, -0.15) is 0 Å². The van der Waals surface area contributed by atoms with Crippen molar-refractivity contribution in [3.05, 3.63) is 94.7 Å². The van der Waals surface area contributed by atoms with Crippen LogP contribution < -0.4 is 0 Å². The van der Waals surface area contributed by atoms with Gasteiger partial charge < -0.3 is 0 Å². The van der Waals surface area contributed by atoms with Crippen molar-refractivity contribution >= 4 is 27.1 Å². The Morgan fingerprint density at radius 1 is 1.03 bits per heavy atom. The summed E-state index contributed by atoms with van der Waals surface area (Å²) in [6.45, 7) is 0. The van der Waals surface area contributed by atoms with Gasteiger partial charge in [0, 0.05) is 38.2 Å². The molecule has 1 atom stereocenters. The molecule has 0 radical (unpaired) electrons. The number of carbonyl (C=O) groups is 1. The van der Waals surface area contributed by atoms with Crippen LogP contribution in [0, 0.1) is 5.92 Å². The summed E-state index contributed by atoms with van der Waals surface area (Å²) in [5.74, 6) is 0.331. The van der Waals surface area contributed by atoms with Gasteiger partial charge in [0.15, 0.2) is 5.78 Å². The van der Waals surface area contributed by atoms with Crippen LogP contribution in [0.25, 0.3) is 5.57 Å². The van der Waals surface area contributed by atoms with Crippen LogP contribution in [0.1, 0.15) is 33.5 Å². The molecule has 5 rings (SSSR count). The fourth-order valence-corrected chi connectivity index (χ4v) is 5.47. The molecule has 0 saturated carbocycles. The molecular formula is C26H24N2O3S. The number of aliphatic imine (C=N–C) groups is 1. The zero-order valence-electron chi connectivity index (χ0n) is 18.1. The molecule has 0 N–H and O–H groups in total. The predicted molar refractivity (Wildman–Crippen MR) is 126 cm³/mol. The SMILES string of the molecule is CN(C)S(=O)(=O)c1ccc(CC2=CC=C(c3ccc4c(c3)CCC4=O)C3C=CN=C23)cc1. The van der Waals surface area contributed by atoms with Crippen LogP contribution in [-0.4, -0.2) is 38.3 Å². The smallest absolute Gasteiger partial charge is 0.242 e. The first kappa shape index (κ1) is 20.8. The highest BCUT2D eigenvalue weighted by Gasteiger charge is 2.29. The van der Waals surface area contributed by atoms with Gasteiger partial charge in [0.2, 0.25) is 10.0 Å². The third kappa shape index (κ3) is 3.49. The van der Waals surface area contributed by atoms with Gasteiger partial charge in [-0.3, -0.25) is 9.79 Å². The third-order valence-corrected chi connectivity index (χ3v) is 8.20. The lowest BCUT2D eigenvalue weighted by Gasteiger charge is -2.23. The van der Waals surface area contributed by atoms with E-state index < -0.39 is 10.0 Å². The first-order valence-corrected chi connectivity index (χ1v) is 12.1. The van der Waals surface area contributed by atoms with Crippen LogP contribution in [-0.2, 0) is 22.9 Å². The number of ketones is 1. The molecule has 2 aromatic rings. The summed E-state index contributed by atoms with van der Waals surface area (Å²) >= 11 is 0. The van der Waals surface area contributed by atoms with Crippen molar-refractivity contribution < 1.29 is 13.2 Å². The maximum Gasteiger partial charge on any atom is 0.242 e. The van der Waals surface area contributed by atoms with Crippen molar-refractivity contribution in [3.8, 4) is 0 Å². The molecule has 0 amide bonds. The number of hydrogen-bond donors (Lipinski definition) is 0. The molecule has 0 aromatic heterocycles. The van der Waals surface area contributed by atoms with Crippen molar-refractivity contribution in [2.45, 2.75) is 24.2 Å². The zero-order valence-corrected chi connectivity index (χ0v) is 18.9. The number of sulfonamides is 1. The van der Waals surface area contributed by atoms with Gasteiger partial charge in [-0.05, 0) is 52.8 Å². The lowest BCUT2D eigenvalue weighted by molar-refractivity contribution is 0.0994. The molecule has 0 bridgehead atoms. The van der Waals surface area contributed by atoms with E-state index in [0.29, 0.717) is 17.7 Å². The van der Waals surface area contributed by atoms with Crippen molar-refractivity contribution in [2.24, 2.45) is 10.9 Å². The fraction of sp³-hybridized carbons (Fsp3) is 0.231. The fourth-order valence-electron chi connectivity index (χ4n) is 4.56. The highest BCUT2D eigenvalue weighted by molar-refractivity contribution is 7.89. The summed E-state index contributed by atoms with van der Waals surface area (Å²) in [7, 11) is -0.368. The number of aryl methyl sites for hydroxylation is 1. The molecule has 1 unspecified atom stereocenters. The van der Waals surface area contributed by atoms with Gasteiger partial charge in [0.05, 0.1) is 10.6 Å². The van der Waals surface area contributed by atoms with Gasteiger partial charge in [0.1, 0.15) is 0 Å². The second-order valence-electron chi connectivity index (χ2n) is 8.55. The Kier molecular flexibility index (Phi) is 5.07. The van der Waals surface area contributed by atoms with Crippen LogP contribution in [0.3, 0.4) is 0 Å². The Morgan fingerprint density at radius 2 is 1.81 bits per heavy atom. The quantitative estimate of drug-likeness (QED) is 0.694. The van der Waals surface area contributed by atoms with Gasteiger partial charge >= 0.3 is 0 Å². The third-order valence-electron chi connectivity index (χ3n) is 6.37.